The van der Waals surface area contributed by atoms with Gasteiger partial charge in [-0.3, -0.25) is 4.98 Å². The van der Waals surface area contributed by atoms with Crippen molar-refractivity contribution in [3.8, 4) is 0 Å². The van der Waals surface area contributed by atoms with Crippen LogP contribution in [0.5, 0.6) is 0 Å². The molecule has 0 spiro atoms. The number of hydrogen-bond acceptors (Lipinski definition) is 2. The van der Waals surface area contributed by atoms with Gasteiger partial charge in [0, 0.05) is 27.5 Å². The van der Waals surface area contributed by atoms with Gasteiger partial charge in [-0.1, -0.05) is 23.7 Å². The van der Waals surface area contributed by atoms with E-state index in [0.29, 0.717) is 15.7 Å². The predicted molar refractivity (Wildman–Crippen MR) is 72.1 cm³/mol. The Morgan fingerprint density at radius 3 is 2.72 bits per heavy atom. The monoisotopic (exact) mass is 329 g/mol. The van der Waals surface area contributed by atoms with Crippen molar-refractivity contribution in [2.45, 2.75) is 13.0 Å². The van der Waals surface area contributed by atoms with Crippen LogP contribution in [0, 0.1) is 12.7 Å². The molecule has 1 heterocycles. The van der Waals surface area contributed by atoms with Crippen LogP contribution < -0.4 is 0 Å². The Kier molecular flexibility index (Phi) is 4.00. The molecule has 0 fully saturated rings. The lowest BCUT2D eigenvalue weighted by atomic mass is 10.00. The summed E-state index contributed by atoms with van der Waals surface area (Å²) in [5.41, 5.74) is 1.36. The van der Waals surface area contributed by atoms with Gasteiger partial charge in [0.1, 0.15) is 11.9 Å². The van der Waals surface area contributed by atoms with Crippen LogP contribution in [0.15, 0.2) is 34.9 Å². The van der Waals surface area contributed by atoms with E-state index in [1.54, 1.807) is 31.3 Å². The molecule has 0 aliphatic rings. The number of aryl methyl sites for hydroxylation is 1. The normalized spacial score (nSPS) is 12.5. The van der Waals surface area contributed by atoms with Crippen LogP contribution in [0.3, 0.4) is 0 Å². The topological polar surface area (TPSA) is 33.1 Å². The molecule has 1 aromatic carbocycles. The van der Waals surface area contributed by atoms with Crippen molar-refractivity contribution >= 4 is 27.5 Å². The molecule has 18 heavy (non-hydrogen) atoms. The fraction of sp³-hybridized carbons (Fsp3) is 0.154. The molecule has 2 rings (SSSR count). The zero-order chi connectivity index (χ0) is 13.3. The lowest BCUT2D eigenvalue weighted by Gasteiger charge is -2.15. The Hall–Kier alpha value is -0.970. The third kappa shape index (κ3) is 2.41. The van der Waals surface area contributed by atoms with Crippen molar-refractivity contribution in [1.29, 1.82) is 0 Å². The number of hydrogen-bond donors (Lipinski definition) is 1. The van der Waals surface area contributed by atoms with E-state index in [-0.39, 0.29) is 10.6 Å². The van der Waals surface area contributed by atoms with Crippen LogP contribution in [-0.4, -0.2) is 10.1 Å². The molecular weight excluding hydrogens is 321 g/mol. The molecule has 5 heteroatoms. The zero-order valence-electron chi connectivity index (χ0n) is 9.49. The molecule has 0 amide bonds. The molecule has 1 N–H and O–H groups in total. The molecule has 2 nitrogen and oxygen atoms in total. The molecule has 0 bridgehead atoms. The molecule has 1 unspecified atom stereocenters. The smallest absolute Gasteiger partial charge is 0.149 e. The summed E-state index contributed by atoms with van der Waals surface area (Å²) in [5.74, 6) is -0.623. The van der Waals surface area contributed by atoms with E-state index in [1.807, 2.05) is 0 Å². The van der Waals surface area contributed by atoms with E-state index in [0.717, 1.165) is 0 Å². The first-order valence-electron chi connectivity index (χ1n) is 5.25. The van der Waals surface area contributed by atoms with Crippen LogP contribution in [0.1, 0.15) is 22.9 Å². The number of benzene rings is 1. The van der Waals surface area contributed by atoms with E-state index < -0.39 is 11.9 Å². The van der Waals surface area contributed by atoms with E-state index in [1.165, 1.54) is 6.07 Å². The summed E-state index contributed by atoms with van der Waals surface area (Å²) >= 11 is 8.94. The summed E-state index contributed by atoms with van der Waals surface area (Å²) in [6, 6.07) is 6.52. The van der Waals surface area contributed by atoms with Gasteiger partial charge >= 0.3 is 0 Å². The van der Waals surface area contributed by atoms with Crippen LogP contribution in [0.2, 0.25) is 5.02 Å². The van der Waals surface area contributed by atoms with Crippen molar-refractivity contribution in [2.75, 3.05) is 0 Å². The van der Waals surface area contributed by atoms with Gasteiger partial charge in [0.2, 0.25) is 0 Å². The van der Waals surface area contributed by atoms with Crippen molar-refractivity contribution in [1.82, 2.24) is 4.98 Å². The van der Waals surface area contributed by atoms with E-state index in [9.17, 15) is 9.50 Å². The Bertz CT molecular complexity index is 591. The van der Waals surface area contributed by atoms with Crippen molar-refractivity contribution in [2.24, 2.45) is 0 Å². The second-order valence-corrected chi connectivity index (χ2v) is 5.08. The van der Waals surface area contributed by atoms with Crippen LogP contribution in [0.25, 0.3) is 0 Å². The summed E-state index contributed by atoms with van der Waals surface area (Å²) in [5, 5.41) is 10.2. The van der Waals surface area contributed by atoms with E-state index in [2.05, 4.69) is 20.9 Å². The first-order chi connectivity index (χ1) is 8.52. The van der Waals surface area contributed by atoms with Crippen molar-refractivity contribution < 1.29 is 9.50 Å². The lowest BCUT2D eigenvalue weighted by molar-refractivity contribution is 0.213. The minimum atomic E-state index is -1.08. The highest BCUT2D eigenvalue weighted by molar-refractivity contribution is 9.10. The summed E-state index contributed by atoms with van der Waals surface area (Å²) in [4.78, 5) is 4.07. The van der Waals surface area contributed by atoms with Crippen LogP contribution in [0.4, 0.5) is 4.39 Å². The minimum Gasteiger partial charge on any atom is -0.383 e. The number of aliphatic hydroxyl groups is 1. The number of aliphatic hydroxyl groups excluding tert-OH is 1. The molecule has 1 atom stereocenters. The first kappa shape index (κ1) is 13.5. The summed E-state index contributed by atoms with van der Waals surface area (Å²) < 4.78 is 14.4. The second-order valence-electron chi connectivity index (χ2n) is 3.85. The third-order valence-electron chi connectivity index (χ3n) is 2.70. The Balaban J connectivity index is 2.50. The van der Waals surface area contributed by atoms with Gasteiger partial charge in [0.15, 0.2) is 0 Å². The molecule has 0 saturated heterocycles. The molecule has 0 radical (unpaired) electrons. The molecular formula is C13H10BrClFNO. The van der Waals surface area contributed by atoms with Gasteiger partial charge in [0.25, 0.3) is 0 Å². The molecule has 0 aliphatic heterocycles. The molecule has 94 valence electrons. The first-order valence-corrected chi connectivity index (χ1v) is 6.42. The quantitative estimate of drug-likeness (QED) is 0.844. The van der Waals surface area contributed by atoms with Crippen molar-refractivity contribution in [3.05, 3.63) is 62.6 Å². The largest absolute Gasteiger partial charge is 0.383 e. The number of pyridine rings is 1. The predicted octanol–water partition coefficient (Wildman–Crippen LogP) is 4.03. The number of halogens is 3. The maximum Gasteiger partial charge on any atom is 0.149 e. The Morgan fingerprint density at radius 2 is 2.06 bits per heavy atom. The maximum atomic E-state index is 14.0. The van der Waals surface area contributed by atoms with Gasteiger partial charge in [0.05, 0.1) is 5.02 Å². The van der Waals surface area contributed by atoms with Gasteiger partial charge < -0.3 is 5.11 Å². The molecule has 2 aromatic rings. The lowest BCUT2D eigenvalue weighted by Crippen LogP contribution is -2.06. The van der Waals surface area contributed by atoms with Crippen LogP contribution >= 0.6 is 27.5 Å². The highest BCUT2D eigenvalue weighted by Gasteiger charge is 2.20. The van der Waals surface area contributed by atoms with Gasteiger partial charge in [-0.2, -0.15) is 0 Å². The maximum absolute atomic E-state index is 14.0. The number of rotatable bonds is 2. The Labute approximate surface area is 118 Å². The highest BCUT2D eigenvalue weighted by atomic mass is 79.9. The minimum absolute atomic E-state index is 0.0342. The summed E-state index contributed by atoms with van der Waals surface area (Å²) in [7, 11) is 0. The third-order valence-corrected chi connectivity index (χ3v) is 3.96. The molecule has 0 aliphatic carbocycles. The van der Waals surface area contributed by atoms with Gasteiger partial charge in [-0.25, -0.2) is 4.39 Å². The standard InChI is InChI=1S/C13H10BrClFNO/c1-7-8(3-2-6-17-7)13(18)9-4-5-10(14)11(15)12(9)16/h2-6,13,18H,1H3. The average Bonchev–Trinajstić information content (AvgIpc) is 2.36. The average molecular weight is 331 g/mol. The highest BCUT2D eigenvalue weighted by Crippen LogP contribution is 2.33. The number of nitrogens with zero attached hydrogens (tertiary/aromatic N) is 1. The second kappa shape index (κ2) is 5.34. The SMILES string of the molecule is Cc1ncccc1C(O)c1ccc(Br)c(Cl)c1F. The summed E-state index contributed by atoms with van der Waals surface area (Å²) in [6.45, 7) is 1.76. The molecule has 0 saturated carbocycles. The van der Waals surface area contributed by atoms with Gasteiger partial charge in [-0.05, 0) is 35.0 Å². The zero-order valence-corrected chi connectivity index (χ0v) is 11.8. The molecule has 1 aromatic heterocycles. The fourth-order valence-electron chi connectivity index (χ4n) is 1.71. The van der Waals surface area contributed by atoms with Gasteiger partial charge in [-0.15, -0.1) is 0 Å². The van der Waals surface area contributed by atoms with Crippen molar-refractivity contribution in [3.63, 3.8) is 0 Å². The fourth-order valence-corrected chi connectivity index (χ4v) is 2.18. The summed E-state index contributed by atoms with van der Waals surface area (Å²) in [6.07, 6.45) is 0.542. The van der Waals surface area contributed by atoms with E-state index in [4.69, 9.17) is 11.6 Å². The van der Waals surface area contributed by atoms with E-state index >= 15 is 0 Å². The van der Waals surface area contributed by atoms with Crippen LogP contribution in [-0.2, 0) is 0 Å². The number of aromatic nitrogens is 1. The Morgan fingerprint density at radius 1 is 1.33 bits per heavy atom.